The molecule has 3 aromatic heterocycles. The van der Waals surface area contributed by atoms with Crippen molar-refractivity contribution >= 4 is 11.7 Å². The van der Waals surface area contributed by atoms with E-state index in [-0.39, 0.29) is 11.8 Å². The Morgan fingerprint density at radius 1 is 1.41 bits per heavy atom. The lowest BCUT2D eigenvalue weighted by Crippen LogP contribution is -2.23. The molecule has 0 saturated carbocycles. The minimum absolute atomic E-state index is 0.00420. The van der Waals surface area contributed by atoms with Crippen molar-refractivity contribution in [3.8, 4) is 11.5 Å². The van der Waals surface area contributed by atoms with Crippen LogP contribution in [0.4, 0.5) is 5.82 Å². The maximum absolute atomic E-state index is 11.9. The summed E-state index contributed by atoms with van der Waals surface area (Å²) in [6.07, 6.45) is 6.57. The highest BCUT2D eigenvalue weighted by Gasteiger charge is 2.31. The third-order valence-corrected chi connectivity index (χ3v) is 3.94. The molecular formula is C15H15N5O2. The van der Waals surface area contributed by atoms with Crippen LogP contribution in [0.2, 0.25) is 0 Å². The van der Waals surface area contributed by atoms with Crippen molar-refractivity contribution in [3.05, 3.63) is 42.4 Å². The van der Waals surface area contributed by atoms with E-state index < -0.39 is 0 Å². The van der Waals surface area contributed by atoms with Crippen LogP contribution in [0.3, 0.4) is 0 Å². The first-order valence-corrected chi connectivity index (χ1v) is 7.20. The predicted molar refractivity (Wildman–Crippen MR) is 79.1 cm³/mol. The molecule has 0 fully saturated rings. The van der Waals surface area contributed by atoms with Gasteiger partial charge in [0.1, 0.15) is 5.69 Å². The molecule has 3 aromatic rings. The van der Waals surface area contributed by atoms with Crippen molar-refractivity contribution in [2.24, 2.45) is 0 Å². The van der Waals surface area contributed by atoms with Gasteiger partial charge in [0, 0.05) is 36.8 Å². The molecule has 0 bridgehead atoms. The highest BCUT2D eigenvalue weighted by Crippen LogP contribution is 2.39. The van der Waals surface area contributed by atoms with Gasteiger partial charge in [-0.05, 0) is 24.6 Å². The van der Waals surface area contributed by atoms with Gasteiger partial charge in [0.15, 0.2) is 11.6 Å². The van der Waals surface area contributed by atoms with Crippen LogP contribution >= 0.6 is 0 Å². The number of nitrogens with zero attached hydrogens (tertiary/aromatic N) is 3. The lowest BCUT2D eigenvalue weighted by atomic mass is 9.88. The number of hydrogen-bond donors (Lipinski definition) is 2. The van der Waals surface area contributed by atoms with E-state index in [1.165, 1.54) is 0 Å². The molecule has 22 heavy (non-hydrogen) atoms. The topological polar surface area (TPSA) is 88.7 Å². The summed E-state index contributed by atoms with van der Waals surface area (Å²) in [6, 6.07) is 5.61. The monoisotopic (exact) mass is 297 g/mol. The molecule has 7 nitrogen and oxygen atoms in total. The van der Waals surface area contributed by atoms with Gasteiger partial charge in [-0.25, -0.2) is 0 Å². The molecule has 112 valence electrons. The number of aromatic nitrogens is 4. The van der Waals surface area contributed by atoms with Gasteiger partial charge < -0.3 is 9.73 Å². The van der Waals surface area contributed by atoms with Gasteiger partial charge in [-0.15, -0.1) is 0 Å². The second-order valence-corrected chi connectivity index (χ2v) is 5.35. The molecule has 1 atom stereocenters. The Bertz CT molecular complexity index is 773. The van der Waals surface area contributed by atoms with Crippen molar-refractivity contribution in [3.63, 3.8) is 0 Å². The van der Waals surface area contributed by atoms with Gasteiger partial charge in [0.25, 0.3) is 0 Å². The Hall–Kier alpha value is -2.83. The zero-order valence-corrected chi connectivity index (χ0v) is 11.8. The van der Waals surface area contributed by atoms with E-state index >= 15 is 0 Å². The molecule has 0 aliphatic carbocycles. The minimum Gasteiger partial charge on any atom is -0.463 e. The molecule has 1 aliphatic heterocycles. The number of furan rings is 1. The number of anilines is 1. The van der Waals surface area contributed by atoms with Gasteiger partial charge in [-0.3, -0.25) is 14.6 Å². The Morgan fingerprint density at radius 3 is 3.14 bits per heavy atom. The summed E-state index contributed by atoms with van der Waals surface area (Å²) in [5.41, 5.74) is 1.85. The first-order chi connectivity index (χ1) is 10.8. The zero-order chi connectivity index (χ0) is 14.9. The maximum Gasteiger partial charge on any atom is 0.226 e. The molecule has 0 aromatic carbocycles. The molecule has 0 radical (unpaired) electrons. The second kappa shape index (κ2) is 5.18. The quantitative estimate of drug-likeness (QED) is 0.773. The highest BCUT2D eigenvalue weighted by molar-refractivity contribution is 5.95. The first kappa shape index (κ1) is 12.9. The number of amides is 1. The molecule has 4 rings (SSSR count). The average molecular weight is 297 g/mol. The van der Waals surface area contributed by atoms with E-state index in [9.17, 15) is 4.79 Å². The summed E-state index contributed by atoms with van der Waals surface area (Å²) in [4.78, 5) is 11.9. The SMILES string of the molecule is O=C1CC(CCn2cccn2)c2c(n[nH]c2-c2ccco2)N1. The van der Waals surface area contributed by atoms with Crippen LogP contribution in [0.1, 0.15) is 24.3 Å². The Morgan fingerprint density at radius 2 is 2.36 bits per heavy atom. The fourth-order valence-electron chi connectivity index (χ4n) is 2.93. The smallest absolute Gasteiger partial charge is 0.226 e. The standard InChI is InChI=1S/C15H15N5O2/c21-12-9-10(4-7-20-6-2-5-16-20)13-14(11-3-1-8-22-11)18-19-15(13)17-12/h1-3,5-6,8,10H,4,7,9H2,(H2,17,18,19,21). The average Bonchev–Trinajstić information content (AvgIpc) is 3.24. The number of carbonyl (C=O) groups excluding carboxylic acids is 1. The maximum atomic E-state index is 11.9. The van der Waals surface area contributed by atoms with Crippen molar-refractivity contribution in [2.75, 3.05) is 5.32 Å². The molecule has 4 heterocycles. The molecule has 1 unspecified atom stereocenters. The van der Waals surface area contributed by atoms with Crippen molar-refractivity contribution in [1.82, 2.24) is 20.0 Å². The van der Waals surface area contributed by atoms with Crippen LogP contribution in [0.15, 0.2) is 41.3 Å². The summed E-state index contributed by atoms with van der Waals surface area (Å²) in [6.45, 7) is 0.757. The van der Waals surface area contributed by atoms with Crippen LogP contribution in [0.25, 0.3) is 11.5 Å². The predicted octanol–water partition coefficient (Wildman–Crippen LogP) is 2.38. The molecular weight excluding hydrogens is 282 g/mol. The Balaban J connectivity index is 1.66. The fraction of sp³-hybridized carbons (Fsp3) is 0.267. The van der Waals surface area contributed by atoms with E-state index in [0.717, 1.165) is 30.0 Å². The zero-order valence-electron chi connectivity index (χ0n) is 11.8. The van der Waals surface area contributed by atoms with Crippen molar-refractivity contribution < 1.29 is 9.21 Å². The third kappa shape index (κ3) is 2.20. The third-order valence-electron chi connectivity index (χ3n) is 3.94. The normalized spacial score (nSPS) is 17.3. The summed E-state index contributed by atoms with van der Waals surface area (Å²) in [5, 5.41) is 14.2. The summed E-state index contributed by atoms with van der Waals surface area (Å²) in [7, 11) is 0. The van der Waals surface area contributed by atoms with Crippen LogP contribution < -0.4 is 5.32 Å². The van der Waals surface area contributed by atoms with E-state index in [4.69, 9.17) is 4.42 Å². The number of H-pyrrole nitrogens is 1. The van der Waals surface area contributed by atoms with E-state index in [1.54, 1.807) is 12.5 Å². The van der Waals surface area contributed by atoms with E-state index in [2.05, 4.69) is 20.6 Å². The van der Waals surface area contributed by atoms with Crippen molar-refractivity contribution in [1.29, 1.82) is 0 Å². The molecule has 1 aliphatic rings. The van der Waals surface area contributed by atoms with Crippen molar-refractivity contribution in [2.45, 2.75) is 25.3 Å². The number of aromatic amines is 1. The number of nitrogens with one attached hydrogen (secondary N) is 2. The molecule has 1 amide bonds. The lowest BCUT2D eigenvalue weighted by molar-refractivity contribution is -0.116. The minimum atomic E-state index is -0.00420. The van der Waals surface area contributed by atoms with Gasteiger partial charge in [0.2, 0.25) is 5.91 Å². The van der Waals surface area contributed by atoms with E-state index in [1.807, 2.05) is 29.1 Å². The van der Waals surface area contributed by atoms with Gasteiger partial charge in [0.05, 0.1) is 6.26 Å². The van der Waals surface area contributed by atoms with Crippen LogP contribution in [-0.4, -0.2) is 25.9 Å². The summed E-state index contributed by atoms with van der Waals surface area (Å²) >= 11 is 0. The molecule has 2 N–H and O–H groups in total. The number of aryl methyl sites for hydroxylation is 1. The highest BCUT2D eigenvalue weighted by atomic mass is 16.3. The molecule has 0 saturated heterocycles. The number of rotatable bonds is 4. The van der Waals surface area contributed by atoms with Gasteiger partial charge >= 0.3 is 0 Å². The lowest BCUT2D eigenvalue weighted by Gasteiger charge is -2.22. The largest absolute Gasteiger partial charge is 0.463 e. The Kier molecular flexibility index (Phi) is 3.03. The number of fused-ring (bicyclic) bond motifs is 1. The van der Waals surface area contributed by atoms with E-state index in [0.29, 0.717) is 12.2 Å². The Labute approximate surface area is 126 Å². The summed E-state index contributed by atoms with van der Waals surface area (Å²) in [5.74, 6) is 1.42. The fourth-order valence-corrected chi connectivity index (χ4v) is 2.93. The van der Waals surface area contributed by atoms with Gasteiger partial charge in [-0.2, -0.15) is 10.2 Å². The van der Waals surface area contributed by atoms with Crippen LogP contribution in [0.5, 0.6) is 0 Å². The first-order valence-electron chi connectivity index (χ1n) is 7.20. The van der Waals surface area contributed by atoms with Crippen LogP contribution in [0, 0.1) is 0 Å². The molecule has 0 spiro atoms. The summed E-state index contributed by atoms with van der Waals surface area (Å²) < 4.78 is 7.34. The van der Waals surface area contributed by atoms with Crippen LogP contribution in [-0.2, 0) is 11.3 Å². The van der Waals surface area contributed by atoms with Gasteiger partial charge in [-0.1, -0.05) is 0 Å². The number of hydrogen-bond acceptors (Lipinski definition) is 4. The second-order valence-electron chi connectivity index (χ2n) is 5.35. The number of carbonyl (C=O) groups is 1. The molecule has 7 heteroatoms.